The number of nitrogens with zero attached hydrogens (tertiary/aromatic N) is 4. The van der Waals surface area contributed by atoms with Gasteiger partial charge in [-0.05, 0) is 70.6 Å². The first-order valence-corrected chi connectivity index (χ1v) is 12.4. The van der Waals surface area contributed by atoms with Gasteiger partial charge >= 0.3 is 0 Å². The van der Waals surface area contributed by atoms with E-state index in [1.54, 1.807) is 23.1 Å². The third-order valence-electron chi connectivity index (χ3n) is 6.91. The molecule has 3 aromatic rings. The predicted molar refractivity (Wildman–Crippen MR) is 135 cm³/mol. The molecule has 1 atom stereocenters. The van der Waals surface area contributed by atoms with Crippen molar-refractivity contribution in [3.63, 3.8) is 0 Å². The summed E-state index contributed by atoms with van der Waals surface area (Å²) in [6, 6.07) is 4.80. The molecule has 35 heavy (non-hydrogen) atoms. The second-order valence-electron chi connectivity index (χ2n) is 9.96. The van der Waals surface area contributed by atoms with Crippen molar-refractivity contribution in [3.8, 4) is 11.3 Å². The molecule has 9 heteroatoms. The number of nitrogens with one attached hydrogen (secondary N) is 3. The zero-order valence-corrected chi connectivity index (χ0v) is 21.1. The summed E-state index contributed by atoms with van der Waals surface area (Å²) >= 11 is 0. The number of hydrogen-bond donors (Lipinski definition) is 3. The number of rotatable bonds is 7. The van der Waals surface area contributed by atoms with Crippen LogP contribution in [0.1, 0.15) is 74.4 Å². The Kier molecular flexibility index (Phi) is 7.33. The van der Waals surface area contributed by atoms with E-state index in [4.69, 9.17) is 0 Å². The van der Waals surface area contributed by atoms with Gasteiger partial charge in [-0.2, -0.15) is 10.2 Å². The van der Waals surface area contributed by atoms with Crippen molar-refractivity contribution < 1.29 is 9.59 Å². The van der Waals surface area contributed by atoms with Crippen molar-refractivity contribution in [1.29, 1.82) is 0 Å². The van der Waals surface area contributed by atoms with Crippen molar-refractivity contribution >= 4 is 17.5 Å². The number of hydrogen-bond acceptors (Lipinski definition) is 5. The highest BCUT2D eigenvalue weighted by molar-refractivity contribution is 6.00. The van der Waals surface area contributed by atoms with Gasteiger partial charge in [-0.15, -0.1) is 0 Å². The van der Waals surface area contributed by atoms with Crippen LogP contribution in [-0.2, 0) is 4.79 Å². The number of pyridine rings is 1. The predicted octanol–water partition coefficient (Wildman–Crippen LogP) is 4.43. The van der Waals surface area contributed by atoms with E-state index in [0.29, 0.717) is 17.3 Å². The zero-order valence-electron chi connectivity index (χ0n) is 21.1. The van der Waals surface area contributed by atoms with Gasteiger partial charge in [-0.3, -0.25) is 24.4 Å². The summed E-state index contributed by atoms with van der Waals surface area (Å²) in [4.78, 5) is 31.2. The highest BCUT2D eigenvalue weighted by atomic mass is 16.2. The van der Waals surface area contributed by atoms with Gasteiger partial charge in [0, 0.05) is 23.5 Å². The Bertz CT molecular complexity index is 1150. The first-order chi connectivity index (χ1) is 16.7. The summed E-state index contributed by atoms with van der Waals surface area (Å²) < 4.78 is 1.68. The molecular formula is C26H35N7O2. The van der Waals surface area contributed by atoms with Crippen LogP contribution in [0.2, 0.25) is 0 Å². The van der Waals surface area contributed by atoms with Crippen LogP contribution >= 0.6 is 0 Å². The number of anilines is 1. The number of H-pyrrole nitrogens is 1. The fraction of sp³-hybridized carbons (Fsp3) is 0.500. The Labute approximate surface area is 206 Å². The first-order valence-electron chi connectivity index (χ1n) is 12.4. The molecule has 3 aromatic heterocycles. The lowest BCUT2D eigenvalue weighted by molar-refractivity contribution is -0.119. The van der Waals surface area contributed by atoms with Crippen LogP contribution in [0.25, 0.3) is 11.3 Å². The monoisotopic (exact) mass is 477 g/mol. The molecule has 0 radical (unpaired) electrons. The second kappa shape index (κ2) is 10.4. The summed E-state index contributed by atoms with van der Waals surface area (Å²) in [5.74, 6) is 0.210. The Morgan fingerprint density at radius 1 is 1.11 bits per heavy atom. The van der Waals surface area contributed by atoms with Crippen molar-refractivity contribution in [3.05, 3.63) is 47.7 Å². The summed E-state index contributed by atoms with van der Waals surface area (Å²) in [6.07, 6.45) is 7.16. The number of carbonyl (C=O) groups excluding carboxylic acids is 2. The molecule has 0 spiro atoms. The lowest BCUT2D eigenvalue weighted by Gasteiger charge is -2.32. The van der Waals surface area contributed by atoms with E-state index in [9.17, 15) is 9.59 Å². The maximum atomic E-state index is 13.4. The Morgan fingerprint density at radius 2 is 1.86 bits per heavy atom. The van der Waals surface area contributed by atoms with Gasteiger partial charge in [0.15, 0.2) is 0 Å². The molecule has 0 saturated heterocycles. The van der Waals surface area contributed by atoms with E-state index in [1.165, 1.54) is 0 Å². The van der Waals surface area contributed by atoms with Crippen molar-refractivity contribution in [2.75, 3.05) is 5.32 Å². The quantitative estimate of drug-likeness (QED) is 0.465. The average molecular weight is 478 g/mol. The minimum absolute atomic E-state index is 0.0423. The van der Waals surface area contributed by atoms with Gasteiger partial charge in [-0.1, -0.05) is 19.8 Å². The van der Waals surface area contributed by atoms with Gasteiger partial charge in [0.1, 0.15) is 11.7 Å². The van der Waals surface area contributed by atoms with E-state index in [0.717, 1.165) is 48.3 Å². The molecule has 3 N–H and O–H groups in total. The van der Waals surface area contributed by atoms with Gasteiger partial charge in [-0.25, -0.2) is 0 Å². The van der Waals surface area contributed by atoms with Gasteiger partial charge in [0.2, 0.25) is 5.91 Å². The van der Waals surface area contributed by atoms with Crippen LogP contribution in [0.5, 0.6) is 0 Å². The number of carbonyl (C=O) groups is 2. The van der Waals surface area contributed by atoms with Crippen molar-refractivity contribution in [1.82, 2.24) is 30.3 Å². The third-order valence-corrected chi connectivity index (χ3v) is 6.91. The SMILES string of the molecule is Cc1n[nH]c(C)c1-c1ccc(NC(=O)[C@H](NC(=O)c2ccnn2C(C)C)C2CCC(C)CC2)cn1. The molecule has 0 unspecified atom stereocenters. The fourth-order valence-corrected chi connectivity index (χ4v) is 4.90. The number of aryl methyl sites for hydroxylation is 2. The second-order valence-corrected chi connectivity index (χ2v) is 9.96. The smallest absolute Gasteiger partial charge is 0.270 e. The van der Waals surface area contributed by atoms with Crippen LogP contribution in [-0.4, -0.2) is 42.8 Å². The minimum atomic E-state index is -0.636. The topological polar surface area (TPSA) is 118 Å². The molecule has 1 aliphatic carbocycles. The normalized spacial score (nSPS) is 18.9. The molecule has 9 nitrogen and oxygen atoms in total. The van der Waals surface area contributed by atoms with Gasteiger partial charge in [0.25, 0.3) is 5.91 Å². The van der Waals surface area contributed by atoms with Gasteiger partial charge in [0.05, 0.1) is 23.3 Å². The Hall–Kier alpha value is -3.49. The molecule has 186 valence electrons. The molecule has 3 heterocycles. The third kappa shape index (κ3) is 5.44. The lowest BCUT2D eigenvalue weighted by atomic mass is 9.79. The van der Waals surface area contributed by atoms with E-state index in [-0.39, 0.29) is 23.8 Å². The molecule has 0 aliphatic heterocycles. The van der Waals surface area contributed by atoms with Crippen LogP contribution in [0.4, 0.5) is 5.69 Å². The number of aromatic nitrogens is 5. The molecular weight excluding hydrogens is 442 g/mol. The summed E-state index contributed by atoms with van der Waals surface area (Å²) in [6.45, 7) is 10.1. The molecule has 0 aromatic carbocycles. The molecule has 4 rings (SSSR count). The highest BCUT2D eigenvalue weighted by Crippen LogP contribution is 2.31. The zero-order chi connectivity index (χ0) is 25.1. The minimum Gasteiger partial charge on any atom is -0.339 e. The summed E-state index contributed by atoms with van der Waals surface area (Å²) in [7, 11) is 0. The number of amides is 2. The molecule has 1 aliphatic rings. The summed E-state index contributed by atoms with van der Waals surface area (Å²) in [5.41, 5.74) is 4.63. The standard InChI is InChI=1S/C26H35N7O2/c1-15(2)33-22(12-13-28-33)25(34)30-24(19-8-6-16(3)7-9-19)26(35)29-20-10-11-21(27-14-20)23-17(4)31-32-18(23)5/h10-16,19,24H,6-9H2,1-5H3,(H,29,35)(H,30,34)(H,31,32)/t16?,19?,24-/m1/s1. The van der Waals surface area contributed by atoms with E-state index in [2.05, 4.69) is 37.8 Å². The lowest BCUT2D eigenvalue weighted by Crippen LogP contribution is -2.49. The number of aromatic amines is 1. The Balaban J connectivity index is 1.52. The van der Waals surface area contributed by atoms with Crippen LogP contribution in [0, 0.1) is 25.7 Å². The maximum absolute atomic E-state index is 13.4. The van der Waals surface area contributed by atoms with Crippen molar-refractivity contribution in [2.45, 2.75) is 72.4 Å². The van der Waals surface area contributed by atoms with Crippen LogP contribution in [0.15, 0.2) is 30.6 Å². The average Bonchev–Trinajstić information content (AvgIpc) is 3.45. The molecule has 1 fully saturated rings. The van der Waals surface area contributed by atoms with Crippen LogP contribution in [0.3, 0.4) is 0 Å². The molecule has 0 bridgehead atoms. The largest absolute Gasteiger partial charge is 0.339 e. The van der Waals surface area contributed by atoms with E-state index >= 15 is 0 Å². The first kappa shape index (κ1) is 24.6. The molecule has 1 saturated carbocycles. The van der Waals surface area contributed by atoms with Crippen LogP contribution < -0.4 is 10.6 Å². The van der Waals surface area contributed by atoms with E-state index < -0.39 is 6.04 Å². The van der Waals surface area contributed by atoms with E-state index in [1.807, 2.05) is 39.8 Å². The molecule has 2 amide bonds. The maximum Gasteiger partial charge on any atom is 0.270 e. The highest BCUT2D eigenvalue weighted by Gasteiger charge is 2.33. The van der Waals surface area contributed by atoms with Crippen molar-refractivity contribution in [2.24, 2.45) is 11.8 Å². The summed E-state index contributed by atoms with van der Waals surface area (Å²) in [5, 5.41) is 17.5. The Morgan fingerprint density at radius 3 is 2.46 bits per heavy atom. The fourth-order valence-electron chi connectivity index (χ4n) is 4.90. The van der Waals surface area contributed by atoms with Gasteiger partial charge < -0.3 is 10.6 Å².